The van der Waals surface area contributed by atoms with E-state index in [9.17, 15) is 0 Å². The van der Waals surface area contributed by atoms with E-state index in [2.05, 4.69) is 20.5 Å². The van der Waals surface area contributed by atoms with Gasteiger partial charge in [-0.3, -0.25) is 0 Å². The minimum absolute atomic E-state index is 0.673. The van der Waals surface area contributed by atoms with E-state index in [1.165, 1.54) is 11.1 Å². The zero-order valence-electron chi connectivity index (χ0n) is 10.3. The fraction of sp³-hybridized carbons (Fsp3) is 0.455. The van der Waals surface area contributed by atoms with Crippen LogP contribution in [0.1, 0.15) is 11.1 Å². The quantitative estimate of drug-likeness (QED) is 0.820. The molecule has 2 N–H and O–H groups in total. The molecule has 0 saturated carbocycles. The summed E-state index contributed by atoms with van der Waals surface area (Å²) in [7, 11) is 3.81. The molecule has 17 heavy (non-hydrogen) atoms. The second-order valence-corrected chi connectivity index (χ2v) is 4.14. The smallest absolute Gasteiger partial charge is 0.245 e. The zero-order valence-corrected chi connectivity index (χ0v) is 10.3. The summed E-state index contributed by atoms with van der Waals surface area (Å²) in [6.45, 7) is 2.83. The Morgan fingerprint density at radius 2 is 2.24 bits per heavy atom. The van der Waals surface area contributed by atoms with E-state index in [-0.39, 0.29) is 0 Å². The number of anilines is 2. The first-order valence-corrected chi connectivity index (χ1v) is 5.52. The molecule has 0 aliphatic rings. The van der Waals surface area contributed by atoms with Gasteiger partial charge in [-0.25, -0.2) is 5.10 Å². The number of nitrogens with zero attached hydrogens (tertiary/aromatic N) is 3. The predicted molar refractivity (Wildman–Crippen MR) is 66.3 cm³/mol. The summed E-state index contributed by atoms with van der Waals surface area (Å²) < 4.78 is 5.11. The lowest BCUT2D eigenvalue weighted by Gasteiger charge is -2.04. The Morgan fingerprint density at radius 1 is 1.41 bits per heavy atom. The molecule has 0 atom stereocenters. The first-order valence-electron chi connectivity index (χ1n) is 5.52. The van der Waals surface area contributed by atoms with E-state index in [4.69, 9.17) is 4.42 Å². The van der Waals surface area contributed by atoms with Gasteiger partial charge in [-0.2, -0.15) is 4.98 Å². The van der Waals surface area contributed by atoms with Crippen LogP contribution in [0.2, 0.25) is 0 Å². The fourth-order valence-electron chi connectivity index (χ4n) is 1.49. The minimum Gasteiger partial charge on any atom is -0.472 e. The highest BCUT2D eigenvalue weighted by Crippen LogP contribution is 2.10. The maximum Gasteiger partial charge on any atom is 0.245 e. The van der Waals surface area contributed by atoms with Crippen LogP contribution in [-0.2, 0) is 6.42 Å². The van der Waals surface area contributed by atoms with Crippen molar-refractivity contribution in [3.63, 3.8) is 0 Å². The van der Waals surface area contributed by atoms with Gasteiger partial charge in [0.25, 0.3) is 0 Å². The van der Waals surface area contributed by atoms with Crippen molar-refractivity contribution in [3.8, 4) is 0 Å². The Kier molecular flexibility index (Phi) is 3.32. The summed E-state index contributed by atoms with van der Waals surface area (Å²) in [5, 5.41) is 10.1. The standard InChI is InChI=1S/C11H17N5O/c1-8-6-17-7-9(8)4-5-12-10-13-11(15-14-10)16(2)3/h6-7H,4-5H2,1-3H3,(H2,12,13,14,15). The molecule has 0 bridgehead atoms. The van der Waals surface area contributed by atoms with Crippen molar-refractivity contribution in [1.82, 2.24) is 15.2 Å². The topological polar surface area (TPSA) is 70.0 Å². The van der Waals surface area contributed by atoms with Gasteiger partial charge in [-0.05, 0) is 24.5 Å². The fourth-order valence-corrected chi connectivity index (χ4v) is 1.49. The van der Waals surface area contributed by atoms with E-state index in [0.717, 1.165) is 13.0 Å². The number of hydrogen-bond acceptors (Lipinski definition) is 5. The molecule has 0 aromatic carbocycles. The van der Waals surface area contributed by atoms with Gasteiger partial charge < -0.3 is 14.6 Å². The Hall–Kier alpha value is -1.98. The molecule has 0 unspecified atom stereocenters. The van der Waals surface area contributed by atoms with Crippen LogP contribution < -0.4 is 10.2 Å². The highest BCUT2D eigenvalue weighted by Gasteiger charge is 2.04. The van der Waals surface area contributed by atoms with Gasteiger partial charge >= 0.3 is 0 Å². The molecular weight excluding hydrogens is 218 g/mol. The predicted octanol–water partition coefficient (Wildman–Crippen LogP) is 1.43. The van der Waals surface area contributed by atoms with Gasteiger partial charge in [-0.15, -0.1) is 5.10 Å². The molecule has 0 spiro atoms. The van der Waals surface area contributed by atoms with Crippen LogP contribution in [0.3, 0.4) is 0 Å². The average Bonchev–Trinajstić information content (AvgIpc) is 2.89. The molecule has 0 fully saturated rings. The average molecular weight is 235 g/mol. The van der Waals surface area contributed by atoms with Gasteiger partial charge in [-0.1, -0.05) is 0 Å². The van der Waals surface area contributed by atoms with Crippen molar-refractivity contribution in [3.05, 3.63) is 23.7 Å². The summed E-state index contributed by atoms with van der Waals surface area (Å²) >= 11 is 0. The first kappa shape index (κ1) is 11.5. The maximum absolute atomic E-state index is 5.11. The second-order valence-electron chi connectivity index (χ2n) is 4.14. The zero-order chi connectivity index (χ0) is 12.3. The number of furan rings is 1. The van der Waals surface area contributed by atoms with Gasteiger partial charge in [0.2, 0.25) is 11.9 Å². The first-order chi connectivity index (χ1) is 8.16. The SMILES string of the molecule is Cc1cocc1CCNc1nc(N(C)C)n[nH]1. The van der Waals surface area contributed by atoms with Crippen LogP contribution in [0.4, 0.5) is 11.9 Å². The van der Waals surface area contributed by atoms with Crippen molar-refractivity contribution in [2.24, 2.45) is 0 Å². The number of aromatic amines is 1. The maximum atomic E-state index is 5.11. The third-order valence-electron chi connectivity index (χ3n) is 2.52. The summed E-state index contributed by atoms with van der Waals surface area (Å²) in [6.07, 6.45) is 4.44. The van der Waals surface area contributed by atoms with Crippen LogP contribution in [0.5, 0.6) is 0 Å². The van der Waals surface area contributed by atoms with Crippen molar-refractivity contribution < 1.29 is 4.42 Å². The number of hydrogen-bond donors (Lipinski definition) is 2. The molecule has 6 nitrogen and oxygen atoms in total. The summed E-state index contributed by atoms with van der Waals surface area (Å²) in [5.41, 5.74) is 2.39. The van der Waals surface area contributed by atoms with Crippen LogP contribution in [0.15, 0.2) is 16.9 Å². The minimum atomic E-state index is 0.673. The van der Waals surface area contributed by atoms with E-state index in [1.807, 2.05) is 25.9 Å². The lowest BCUT2D eigenvalue weighted by atomic mass is 10.1. The van der Waals surface area contributed by atoms with Crippen molar-refractivity contribution in [1.29, 1.82) is 0 Å². The van der Waals surface area contributed by atoms with E-state index < -0.39 is 0 Å². The Bertz CT molecular complexity index is 474. The third-order valence-corrected chi connectivity index (χ3v) is 2.52. The molecule has 0 aliphatic carbocycles. The molecule has 2 aromatic rings. The van der Waals surface area contributed by atoms with E-state index >= 15 is 0 Å². The van der Waals surface area contributed by atoms with Crippen LogP contribution in [0.25, 0.3) is 0 Å². The molecular formula is C11H17N5O. The van der Waals surface area contributed by atoms with Crippen LogP contribution in [-0.4, -0.2) is 35.8 Å². The molecule has 0 saturated heterocycles. The van der Waals surface area contributed by atoms with Gasteiger partial charge in [0, 0.05) is 20.6 Å². The van der Waals surface area contributed by atoms with Crippen molar-refractivity contribution in [2.75, 3.05) is 30.9 Å². The molecule has 0 aliphatic heterocycles. The van der Waals surface area contributed by atoms with Crippen LogP contribution >= 0.6 is 0 Å². The Balaban J connectivity index is 1.84. The van der Waals surface area contributed by atoms with Crippen molar-refractivity contribution in [2.45, 2.75) is 13.3 Å². The number of rotatable bonds is 5. The summed E-state index contributed by atoms with van der Waals surface area (Å²) in [5.74, 6) is 1.36. The van der Waals surface area contributed by atoms with Gasteiger partial charge in [0.1, 0.15) is 0 Å². The number of H-pyrrole nitrogens is 1. The van der Waals surface area contributed by atoms with Crippen molar-refractivity contribution >= 4 is 11.9 Å². The lowest BCUT2D eigenvalue weighted by molar-refractivity contribution is 0.562. The summed E-state index contributed by atoms with van der Waals surface area (Å²) in [6, 6.07) is 0. The molecule has 2 aromatic heterocycles. The molecule has 0 radical (unpaired) electrons. The Morgan fingerprint density at radius 3 is 2.82 bits per heavy atom. The molecule has 0 amide bonds. The normalized spacial score (nSPS) is 10.5. The molecule has 6 heteroatoms. The number of aryl methyl sites for hydroxylation is 1. The highest BCUT2D eigenvalue weighted by molar-refractivity contribution is 5.35. The second kappa shape index (κ2) is 4.90. The Labute approximate surface area is 100 Å². The molecule has 2 rings (SSSR count). The monoisotopic (exact) mass is 235 g/mol. The third kappa shape index (κ3) is 2.77. The van der Waals surface area contributed by atoms with Gasteiger partial charge in [0.05, 0.1) is 12.5 Å². The largest absolute Gasteiger partial charge is 0.472 e. The lowest BCUT2D eigenvalue weighted by Crippen LogP contribution is -2.10. The molecule has 92 valence electrons. The van der Waals surface area contributed by atoms with E-state index in [0.29, 0.717) is 11.9 Å². The van der Waals surface area contributed by atoms with E-state index in [1.54, 1.807) is 12.5 Å². The van der Waals surface area contributed by atoms with Crippen LogP contribution in [0, 0.1) is 6.92 Å². The summed E-state index contributed by atoms with van der Waals surface area (Å²) in [4.78, 5) is 6.12. The highest BCUT2D eigenvalue weighted by atomic mass is 16.3. The number of nitrogens with one attached hydrogen (secondary N) is 2. The van der Waals surface area contributed by atoms with Gasteiger partial charge in [0.15, 0.2) is 0 Å². The number of aromatic nitrogens is 3. The molecule has 2 heterocycles.